The number of carbonyl (C=O) groups excluding carboxylic acids is 1. The van der Waals surface area contributed by atoms with E-state index in [9.17, 15) is 14.4 Å². The maximum atomic E-state index is 13.5. The number of aryl methyl sites for hydroxylation is 1. The minimum Gasteiger partial charge on any atom is -0.495 e. The molecule has 3 aromatic carbocycles. The van der Waals surface area contributed by atoms with Crippen molar-refractivity contribution in [3.63, 3.8) is 0 Å². The van der Waals surface area contributed by atoms with Gasteiger partial charge in [0.1, 0.15) is 12.3 Å². The number of rotatable bonds is 6. The first-order valence-corrected chi connectivity index (χ1v) is 10.6. The molecule has 1 amide bonds. The van der Waals surface area contributed by atoms with E-state index in [1.807, 2.05) is 50.2 Å². The molecular weight excluding hydrogens is 418 g/mol. The summed E-state index contributed by atoms with van der Waals surface area (Å²) in [7, 11) is 1.48. The van der Waals surface area contributed by atoms with Crippen LogP contribution in [0.15, 0.2) is 82.4 Å². The van der Waals surface area contributed by atoms with Gasteiger partial charge in [-0.1, -0.05) is 54.1 Å². The number of methoxy groups -OCH3 is 1. The molecule has 7 heteroatoms. The van der Waals surface area contributed by atoms with Gasteiger partial charge in [-0.05, 0) is 43.7 Å². The van der Waals surface area contributed by atoms with E-state index in [-0.39, 0.29) is 18.5 Å². The van der Waals surface area contributed by atoms with Crippen molar-refractivity contribution in [3.05, 3.63) is 105 Å². The lowest BCUT2D eigenvalue weighted by Crippen LogP contribution is -2.42. The summed E-state index contributed by atoms with van der Waals surface area (Å²) >= 11 is 0. The van der Waals surface area contributed by atoms with E-state index in [0.717, 1.165) is 15.7 Å². The number of nitrogens with one attached hydrogen (secondary N) is 1. The minimum absolute atomic E-state index is 0.231. The Bertz CT molecular complexity index is 1440. The van der Waals surface area contributed by atoms with Gasteiger partial charge in [-0.15, -0.1) is 0 Å². The zero-order valence-corrected chi connectivity index (χ0v) is 18.7. The molecule has 4 aromatic rings. The van der Waals surface area contributed by atoms with Crippen LogP contribution in [-0.4, -0.2) is 22.2 Å². The number of hydrogen-bond donors (Lipinski definition) is 1. The monoisotopic (exact) mass is 443 g/mol. The van der Waals surface area contributed by atoms with Crippen LogP contribution >= 0.6 is 0 Å². The molecule has 4 rings (SSSR count). The first-order chi connectivity index (χ1) is 15.9. The molecule has 0 saturated carbocycles. The summed E-state index contributed by atoms with van der Waals surface area (Å²) in [6, 6.07) is 21.4. The standard InChI is InChI=1S/C26H25N3O4/c1-17-13-14-21-20(15-17)25(31)29(22-11-7-8-12-23(22)33-3)26(32)28(21)16-24(30)27-18(2)19-9-5-4-6-10-19/h4-15,18H,16H2,1-3H3,(H,27,30)/t18-/m0/s1. The lowest BCUT2D eigenvalue weighted by atomic mass is 10.1. The second-order valence-electron chi connectivity index (χ2n) is 7.90. The summed E-state index contributed by atoms with van der Waals surface area (Å²) < 4.78 is 7.77. The predicted molar refractivity (Wildman–Crippen MR) is 128 cm³/mol. The average Bonchev–Trinajstić information content (AvgIpc) is 2.83. The molecule has 0 fully saturated rings. The topological polar surface area (TPSA) is 82.3 Å². The van der Waals surface area contributed by atoms with Crippen LogP contribution in [0.2, 0.25) is 0 Å². The lowest BCUT2D eigenvalue weighted by Gasteiger charge is -2.18. The van der Waals surface area contributed by atoms with Crippen LogP contribution in [0.25, 0.3) is 16.6 Å². The zero-order valence-electron chi connectivity index (χ0n) is 18.7. The minimum atomic E-state index is -0.608. The van der Waals surface area contributed by atoms with Gasteiger partial charge >= 0.3 is 5.69 Å². The second kappa shape index (κ2) is 9.16. The van der Waals surface area contributed by atoms with E-state index in [0.29, 0.717) is 22.3 Å². The van der Waals surface area contributed by atoms with Gasteiger partial charge in [-0.2, -0.15) is 0 Å². The third-order valence-corrected chi connectivity index (χ3v) is 5.60. The third kappa shape index (κ3) is 4.30. The Morgan fingerprint density at radius 1 is 1.00 bits per heavy atom. The van der Waals surface area contributed by atoms with Gasteiger partial charge in [-0.3, -0.25) is 14.2 Å². The van der Waals surface area contributed by atoms with Crippen LogP contribution in [0.4, 0.5) is 0 Å². The van der Waals surface area contributed by atoms with Gasteiger partial charge in [-0.25, -0.2) is 9.36 Å². The SMILES string of the molecule is COc1ccccc1-n1c(=O)c2cc(C)ccc2n(CC(=O)N[C@@H](C)c2ccccc2)c1=O. The van der Waals surface area contributed by atoms with E-state index in [2.05, 4.69) is 5.32 Å². The van der Waals surface area contributed by atoms with E-state index in [1.54, 1.807) is 36.4 Å². The van der Waals surface area contributed by atoms with Gasteiger partial charge in [0.25, 0.3) is 5.56 Å². The van der Waals surface area contributed by atoms with Gasteiger partial charge < -0.3 is 10.1 Å². The largest absolute Gasteiger partial charge is 0.495 e. The Labute approximate surface area is 190 Å². The highest BCUT2D eigenvalue weighted by Crippen LogP contribution is 2.21. The molecule has 0 spiro atoms. The van der Waals surface area contributed by atoms with E-state index < -0.39 is 11.2 Å². The second-order valence-corrected chi connectivity index (χ2v) is 7.90. The fourth-order valence-corrected chi connectivity index (χ4v) is 3.92. The molecule has 1 aromatic heterocycles. The Hall–Kier alpha value is -4.13. The highest BCUT2D eigenvalue weighted by atomic mass is 16.5. The average molecular weight is 444 g/mol. The number of carbonyl (C=O) groups is 1. The lowest BCUT2D eigenvalue weighted by molar-refractivity contribution is -0.122. The summed E-state index contributed by atoms with van der Waals surface area (Å²) in [6.07, 6.45) is 0. The molecule has 7 nitrogen and oxygen atoms in total. The molecule has 1 heterocycles. The number of ether oxygens (including phenoxy) is 1. The van der Waals surface area contributed by atoms with Crippen LogP contribution in [0, 0.1) is 6.92 Å². The number of nitrogens with zero attached hydrogens (tertiary/aromatic N) is 2. The number of para-hydroxylation sites is 2. The van der Waals surface area contributed by atoms with E-state index >= 15 is 0 Å². The van der Waals surface area contributed by atoms with Crippen LogP contribution in [0.1, 0.15) is 24.1 Å². The predicted octanol–water partition coefficient (Wildman–Crippen LogP) is 3.35. The van der Waals surface area contributed by atoms with Crippen LogP contribution in [0.5, 0.6) is 5.75 Å². The summed E-state index contributed by atoms with van der Waals surface area (Å²) in [5.74, 6) is 0.0537. The van der Waals surface area contributed by atoms with Crippen LogP contribution < -0.4 is 21.3 Å². The number of aromatic nitrogens is 2. The third-order valence-electron chi connectivity index (χ3n) is 5.60. The van der Waals surface area contributed by atoms with Gasteiger partial charge in [0, 0.05) is 0 Å². The normalized spacial score (nSPS) is 11.8. The van der Waals surface area contributed by atoms with Crippen LogP contribution in [-0.2, 0) is 11.3 Å². The summed E-state index contributed by atoms with van der Waals surface area (Å²) in [4.78, 5) is 39.8. The van der Waals surface area contributed by atoms with Crippen LogP contribution in [0.3, 0.4) is 0 Å². The Balaban J connectivity index is 1.83. The quantitative estimate of drug-likeness (QED) is 0.496. The fraction of sp³-hybridized carbons (Fsp3) is 0.192. The Kier molecular flexibility index (Phi) is 6.13. The molecule has 0 unspecified atom stereocenters. The van der Waals surface area contributed by atoms with Gasteiger partial charge in [0.05, 0.1) is 29.7 Å². The first kappa shape index (κ1) is 22.1. The van der Waals surface area contributed by atoms with Gasteiger partial charge in [0.15, 0.2) is 0 Å². The number of amides is 1. The summed E-state index contributed by atoms with van der Waals surface area (Å²) in [6.45, 7) is 3.52. The maximum absolute atomic E-state index is 13.5. The van der Waals surface area contributed by atoms with Crippen molar-refractivity contribution in [2.24, 2.45) is 0 Å². The molecule has 168 valence electrons. The van der Waals surface area contributed by atoms with Crippen molar-refractivity contribution in [2.45, 2.75) is 26.4 Å². The highest BCUT2D eigenvalue weighted by molar-refractivity contribution is 5.82. The number of fused-ring (bicyclic) bond motifs is 1. The molecule has 33 heavy (non-hydrogen) atoms. The Morgan fingerprint density at radius 2 is 1.70 bits per heavy atom. The molecule has 0 radical (unpaired) electrons. The summed E-state index contributed by atoms with van der Waals surface area (Å²) in [5.41, 5.74) is 1.49. The molecular formula is C26H25N3O4. The first-order valence-electron chi connectivity index (χ1n) is 10.6. The smallest absolute Gasteiger partial charge is 0.336 e. The number of hydrogen-bond acceptors (Lipinski definition) is 4. The van der Waals surface area contributed by atoms with Crippen molar-refractivity contribution in [1.29, 1.82) is 0 Å². The zero-order chi connectivity index (χ0) is 23.5. The number of benzene rings is 3. The molecule has 0 aliphatic heterocycles. The molecule has 1 atom stereocenters. The fourth-order valence-electron chi connectivity index (χ4n) is 3.92. The van der Waals surface area contributed by atoms with Crippen molar-refractivity contribution < 1.29 is 9.53 Å². The highest BCUT2D eigenvalue weighted by Gasteiger charge is 2.19. The molecule has 0 saturated heterocycles. The molecule has 0 bridgehead atoms. The van der Waals surface area contributed by atoms with Crippen molar-refractivity contribution in [1.82, 2.24) is 14.5 Å². The van der Waals surface area contributed by atoms with Crippen molar-refractivity contribution in [3.8, 4) is 11.4 Å². The Morgan fingerprint density at radius 3 is 2.42 bits per heavy atom. The maximum Gasteiger partial charge on any atom is 0.336 e. The molecule has 0 aliphatic carbocycles. The molecule has 0 aliphatic rings. The van der Waals surface area contributed by atoms with Crippen molar-refractivity contribution >= 4 is 16.8 Å². The van der Waals surface area contributed by atoms with E-state index in [1.165, 1.54) is 11.7 Å². The molecule has 1 N–H and O–H groups in total. The van der Waals surface area contributed by atoms with Crippen molar-refractivity contribution in [2.75, 3.05) is 7.11 Å². The van der Waals surface area contributed by atoms with Gasteiger partial charge in [0.2, 0.25) is 5.91 Å². The van der Waals surface area contributed by atoms with E-state index in [4.69, 9.17) is 4.74 Å². The summed E-state index contributed by atoms with van der Waals surface area (Å²) in [5, 5.41) is 3.28.